The van der Waals surface area contributed by atoms with E-state index in [0.29, 0.717) is 5.92 Å². The summed E-state index contributed by atoms with van der Waals surface area (Å²) >= 11 is 4.24. The molecule has 2 N–H and O–H groups in total. The van der Waals surface area contributed by atoms with E-state index >= 15 is 0 Å². The Morgan fingerprint density at radius 3 is 2.87 bits per heavy atom. The van der Waals surface area contributed by atoms with Crippen LogP contribution < -0.4 is 4.72 Å². The molecule has 1 atom stereocenters. The van der Waals surface area contributed by atoms with Gasteiger partial charge in [-0.1, -0.05) is 39.5 Å². The van der Waals surface area contributed by atoms with Gasteiger partial charge in [0.2, 0.25) is 0 Å². The van der Waals surface area contributed by atoms with E-state index in [-0.39, 0.29) is 0 Å². The van der Waals surface area contributed by atoms with Gasteiger partial charge in [0, 0.05) is 29.7 Å². The number of fused-ring (bicyclic) bond motifs is 3. The Morgan fingerprint density at radius 2 is 2.09 bits per heavy atom. The predicted molar refractivity (Wildman–Crippen MR) is 99.8 cm³/mol. The van der Waals surface area contributed by atoms with Crippen LogP contribution in [-0.4, -0.2) is 21.5 Å². The minimum atomic E-state index is 0.428. The fourth-order valence-corrected chi connectivity index (χ4v) is 3.49. The number of pyridine rings is 2. The van der Waals surface area contributed by atoms with Gasteiger partial charge in [0.15, 0.2) is 0 Å². The van der Waals surface area contributed by atoms with Gasteiger partial charge in [0.1, 0.15) is 5.65 Å². The zero-order valence-corrected chi connectivity index (χ0v) is 14.6. The van der Waals surface area contributed by atoms with Crippen LogP contribution in [0.15, 0.2) is 30.7 Å². The zero-order valence-electron chi connectivity index (χ0n) is 13.7. The summed E-state index contributed by atoms with van der Waals surface area (Å²) in [7, 11) is 0. The first-order valence-electron chi connectivity index (χ1n) is 8.28. The Kier molecular flexibility index (Phi) is 5.18. The maximum Gasteiger partial charge on any atom is 0.137 e. The molecule has 3 aromatic rings. The highest BCUT2D eigenvalue weighted by molar-refractivity contribution is 7.78. The average Bonchev–Trinajstić information content (AvgIpc) is 3.02. The first kappa shape index (κ1) is 16.3. The van der Waals surface area contributed by atoms with Crippen molar-refractivity contribution < 1.29 is 0 Å². The third kappa shape index (κ3) is 3.51. The van der Waals surface area contributed by atoms with Crippen LogP contribution in [-0.2, 0) is 0 Å². The second-order valence-corrected chi connectivity index (χ2v) is 6.86. The highest BCUT2D eigenvalue weighted by Crippen LogP contribution is 2.32. The second-order valence-electron chi connectivity index (χ2n) is 6.54. The van der Waals surface area contributed by atoms with Crippen LogP contribution in [0.5, 0.6) is 0 Å². The van der Waals surface area contributed by atoms with Crippen LogP contribution in [0, 0.1) is 5.92 Å². The van der Waals surface area contributed by atoms with Crippen molar-refractivity contribution in [2.75, 3.05) is 6.54 Å². The molecule has 3 heterocycles. The number of nitrogens with zero attached hydrogens (tertiary/aromatic N) is 2. The van der Waals surface area contributed by atoms with Crippen molar-refractivity contribution in [3.8, 4) is 0 Å². The number of aromatic nitrogens is 3. The SMILES string of the molecule is CC(C)CCCC(CNS)c1ccnc2cnc3[nH]ccc3c12. The maximum atomic E-state index is 4.51. The van der Waals surface area contributed by atoms with Crippen molar-refractivity contribution in [1.82, 2.24) is 19.7 Å². The van der Waals surface area contributed by atoms with E-state index in [1.165, 1.54) is 23.8 Å². The van der Waals surface area contributed by atoms with E-state index in [1.54, 1.807) is 0 Å². The lowest BCUT2D eigenvalue weighted by molar-refractivity contribution is 0.500. The van der Waals surface area contributed by atoms with Crippen LogP contribution >= 0.6 is 12.8 Å². The minimum Gasteiger partial charge on any atom is -0.346 e. The molecule has 0 amide bonds. The maximum absolute atomic E-state index is 4.51. The standard InChI is InChI=1S/C18H24N4S/c1-12(2)4-3-5-13(10-22-23)14-6-8-19-16-11-21-18-15(17(14)16)7-9-20-18/h6-9,11-13,22-23H,3-5,10H2,1-2H3,(H,20,21). The molecule has 0 aliphatic rings. The molecule has 4 nitrogen and oxygen atoms in total. The minimum absolute atomic E-state index is 0.428. The lowest BCUT2D eigenvalue weighted by Crippen LogP contribution is -2.14. The lowest BCUT2D eigenvalue weighted by Gasteiger charge is -2.19. The zero-order chi connectivity index (χ0) is 16.2. The van der Waals surface area contributed by atoms with E-state index in [4.69, 9.17) is 0 Å². The molecule has 0 saturated heterocycles. The van der Waals surface area contributed by atoms with E-state index in [9.17, 15) is 0 Å². The van der Waals surface area contributed by atoms with Crippen molar-refractivity contribution in [2.24, 2.45) is 5.92 Å². The van der Waals surface area contributed by atoms with E-state index in [2.05, 4.69) is 58.5 Å². The van der Waals surface area contributed by atoms with Crippen LogP contribution in [0.2, 0.25) is 0 Å². The van der Waals surface area contributed by atoms with Crippen molar-refractivity contribution in [1.29, 1.82) is 0 Å². The Morgan fingerprint density at radius 1 is 1.22 bits per heavy atom. The molecule has 0 saturated carbocycles. The molecular formula is C18H24N4S. The summed E-state index contributed by atoms with van der Waals surface area (Å²) in [6.07, 6.45) is 9.33. The summed E-state index contributed by atoms with van der Waals surface area (Å²) in [5, 5.41) is 2.37. The van der Waals surface area contributed by atoms with Gasteiger partial charge < -0.3 is 4.98 Å². The average molecular weight is 328 g/mol. The molecule has 1 unspecified atom stereocenters. The third-order valence-electron chi connectivity index (χ3n) is 4.43. The van der Waals surface area contributed by atoms with Gasteiger partial charge in [0.05, 0.1) is 11.7 Å². The smallest absolute Gasteiger partial charge is 0.137 e. The number of hydrogen-bond donors (Lipinski definition) is 3. The fraction of sp³-hybridized carbons (Fsp3) is 0.444. The van der Waals surface area contributed by atoms with Crippen molar-refractivity contribution in [3.63, 3.8) is 0 Å². The number of aromatic amines is 1. The first-order chi connectivity index (χ1) is 11.2. The van der Waals surface area contributed by atoms with Crippen molar-refractivity contribution >= 4 is 34.8 Å². The number of hydrogen-bond acceptors (Lipinski definition) is 4. The van der Waals surface area contributed by atoms with Crippen LogP contribution in [0.25, 0.3) is 21.9 Å². The Hall–Kier alpha value is -1.59. The molecule has 3 rings (SSSR count). The Bertz CT molecular complexity index is 781. The van der Waals surface area contributed by atoms with Gasteiger partial charge in [-0.15, -0.1) is 0 Å². The van der Waals surface area contributed by atoms with Gasteiger partial charge >= 0.3 is 0 Å². The van der Waals surface area contributed by atoms with Crippen molar-refractivity contribution in [2.45, 2.75) is 39.0 Å². The highest BCUT2D eigenvalue weighted by Gasteiger charge is 2.17. The lowest BCUT2D eigenvalue weighted by atomic mass is 9.89. The molecule has 0 aromatic carbocycles. The Labute approximate surface area is 142 Å². The van der Waals surface area contributed by atoms with Crippen LogP contribution in [0.1, 0.15) is 44.6 Å². The number of H-pyrrole nitrogens is 1. The van der Waals surface area contributed by atoms with E-state index in [0.717, 1.165) is 35.4 Å². The first-order valence-corrected chi connectivity index (χ1v) is 8.73. The fourth-order valence-electron chi connectivity index (χ4n) is 3.27. The largest absolute Gasteiger partial charge is 0.346 e. The molecule has 0 spiro atoms. The summed E-state index contributed by atoms with van der Waals surface area (Å²) in [5.74, 6) is 1.17. The van der Waals surface area contributed by atoms with Gasteiger partial charge in [-0.25, -0.2) is 4.98 Å². The monoisotopic (exact) mass is 328 g/mol. The number of rotatable bonds is 7. The molecule has 0 bridgehead atoms. The number of nitrogens with one attached hydrogen (secondary N) is 2. The molecule has 0 radical (unpaired) electrons. The summed E-state index contributed by atoms with van der Waals surface area (Å²) in [5.41, 5.74) is 3.22. The molecule has 0 fully saturated rings. The molecular weight excluding hydrogens is 304 g/mol. The molecule has 122 valence electrons. The van der Waals surface area contributed by atoms with Crippen LogP contribution in [0.4, 0.5) is 0 Å². The van der Waals surface area contributed by atoms with Crippen LogP contribution in [0.3, 0.4) is 0 Å². The molecule has 5 heteroatoms. The third-order valence-corrected chi connectivity index (χ3v) is 4.62. The number of thiol groups is 1. The summed E-state index contributed by atoms with van der Waals surface area (Å²) in [6.45, 7) is 5.42. The van der Waals surface area contributed by atoms with E-state index in [1.807, 2.05) is 18.6 Å². The second kappa shape index (κ2) is 7.32. The van der Waals surface area contributed by atoms with Gasteiger partial charge in [-0.2, -0.15) is 0 Å². The topological polar surface area (TPSA) is 53.6 Å². The summed E-state index contributed by atoms with van der Waals surface area (Å²) in [6, 6.07) is 4.25. The molecule has 0 aliphatic heterocycles. The normalized spacial score (nSPS) is 13.2. The van der Waals surface area contributed by atoms with Gasteiger partial charge in [0.25, 0.3) is 0 Å². The quantitative estimate of drug-likeness (QED) is 0.561. The molecule has 0 aliphatic carbocycles. The van der Waals surface area contributed by atoms with Crippen molar-refractivity contribution in [3.05, 3.63) is 36.3 Å². The Balaban J connectivity index is 2.02. The van der Waals surface area contributed by atoms with Gasteiger partial charge in [-0.3, -0.25) is 9.71 Å². The summed E-state index contributed by atoms with van der Waals surface area (Å²) < 4.78 is 3.06. The highest BCUT2D eigenvalue weighted by atomic mass is 32.1. The van der Waals surface area contributed by atoms with Gasteiger partial charge in [-0.05, 0) is 36.0 Å². The molecule has 3 aromatic heterocycles. The van der Waals surface area contributed by atoms with E-state index < -0.39 is 0 Å². The summed E-state index contributed by atoms with van der Waals surface area (Å²) in [4.78, 5) is 12.2. The molecule has 23 heavy (non-hydrogen) atoms. The predicted octanol–water partition coefficient (Wildman–Crippen LogP) is 4.46.